The van der Waals surface area contributed by atoms with Crippen LogP contribution in [0.3, 0.4) is 0 Å². The van der Waals surface area contributed by atoms with E-state index in [4.69, 9.17) is 4.42 Å². The van der Waals surface area contributed by atoms with E-state index in [0.29, 0.717) is 18.8 Å². The molecule has 1 fully saturated rings. The summed E-state index contributed by atoms with van der Waals surface area (Å²) < 4.78 is 5.69. The van der Waals surface area contributed by atoms with Gasteiger partial charge in [-0.15, -0.1) is 0 Å². The standard InChI is InChI=1S/C19H19N3O2/c23-19(18-13-15-5-1-2-7-17(15)24-18)22-11-9-21(10-12-22)14-16-6-3-4-8-20-16/h1-8,13H,9-12,14H2. The van der Waals surface area contributed by atoms with Crippen molar-refractivity contribution in [3.63, 3.8) is 0 Å². The van der Waals surface area contributed by atoms with Gasteiger partial charge < -0.3 is 9.32 Å². The number of fused-ring (bicyclic) bond motifs is 1. The van der Waals surface area contributed by atoms with E-state index in [1.165, 1.54) is 0 Å². The van der Waals surface area contributed by atoms with Crippen molar-refractivity contribution in [1.82, 2.24) is 14.8 Å². The Kier molecular flexibility index (Phi) is 4.01. The summed E-state index contributed by atoms with van der Waals surface area (Å²) >= 11 is 0. The van der Waals surface area contributed by atoms with E-state index >= 15 is 0 Å². The maximum atomic E-state index is 12.6. The number of nitrogens with zero attached hydrogens (tertiary/aromatic N) is 3. The van der Waals surface area contributed by atoms with Crippen LogP contribution in [0.15, 0.2) is 59.1 Å². The van der Waals surface area contributed by atoms with Crippen molar-refractivity contribution in [1.29, 1.82) is 0 Å². The lowest BCUT2D eigenvalue weighted by Gasteiger charge is -2.34. The molecule has 0 saturated carbocycles. The first kappa shape index (κ1) is 14.9. The summed E-state index contributed by atoms with van der Waals surface area (Å²) in [5.41, 5.74) is 1.82. The molecule has 1 aliphatic rings. The molecule has 0 spiro atoms. The fraction of sp³-hybridized carbons (Fsp3) is 0.263. The maximum Gasteiger partial charge on any atom is 0.289 e. The molecule has 122 valence electrons. The zero-order valence-corrected chi connectivity index (χ0v) is 13.4. The van der Waals surface area contributed by atoms with Crippen LogP contribution in [0.1, 0.15) is 16.2 Å². The Morgan fingerprint density at radius 3 is 2.58 bits per heavy atom. The summed E-state index contributed by atoms with van der Waals surface area (Å²) in [6.07, 6.45) is 1.82. The number of aromatic nitrogens is 1. The molecule has 1 aromatic carbocycles. The van der Waals surface area contributed by atoms with Crippen LogP contribution >= 0.6 is 0 Å². The van der Waals surface area contributed by atoms with Gasteiger partial charge >= 0.3 is 0 Å². The molecule has 0 bridgehead atoms. The lowest BCUT2D eigenvalue weighted by Crippen LogP contribution is -2.48. The third kappa shape index (κ3) is 3.03. The predicted octanol–water partition coefficient (Wildman–Crippen LogP) is 2.79. The van der Waals surface area contributed by atoms with Gasteiger partial charge in [-0.1, -0.05) is 24.3 Å². The largest absolute Gasteiger partial charge is 0.451 e. The fourth-order valence-electron chi connectivity index (χ4n) is 3.07. The molecule has 0 N–H and O–H groups in total. The van der Waals surface area contributed by atoms with Crippen molar-refractivity contribution in [2.24, 2.45) is 0 Å². The highest BCUT2D eigenvalue weighted by molar-refractivity contribution is 5.96. The molecule has 4 rings (SSSR count). The van der Waals surface area contributed by atoms with Crippen molar-refractivity contribution in [3.8, 4) is 0 Å². The molecule has 3 heterocycles. The Hall–Kier alpha value is -2.66. The molecule has 5 heteroatoms. The van der Waals surface area contributed by atoms with Crippen LogP contribution in [0.4, 0.5) is 0 Å². The van der Waals surface area contributed by atoms with Gasteiger partial charge in [0.15, 0.2) is 5.76 Å². The second-order valence-corrected chi connectivity index (χ2v) is 6.04. The molecule has 0 unspecified atom stereocenters. The van der Waals surface area contributed by atoms with Gasteiger partial charge in [0.25, 0.3) is 5.91 Å². The smallest absolute Gasteiger partial charge is 0.289 e. The Labute approximate surface area is 140 Å². The second kappa shape index (κ2) is 6.45. The first-order valence-corrected chi connectivity index (χ1v) is 8.20. The van der Waals surface area contributed by atoms with E-state index in [1.807, 2.05) is 59.6 Å². The summed E-state index contributed by atoms with van der Waals surface area (Å²) in [5, 5.41) is 0.967. The summed E-state index contributed by atoms with van der Waals surface area (Å²) in [4.78, 5) is 21.2. The van der Waals surface area contributed by atoms with E-state index in [1.54, 1.807) is 0 Å². The van der Waals surface area contributed by atoms with Gasteiger partial charge in [0.05, 0.1) is 5.69 Å². The topological polar surface area (TPSA) is 49.6 Å². The van der Waals surface area contributed by atoms with Crippen LogP contribution in [0.5, 0.6) is 0 Å². The van der Waals surface area contributed by atoms with E-state index in [2.05, 4.69) is 9.88 Å². The minimum absolute atomic E-state index is 0.0244. The highest BCUT2D eigenvalue weighted by Crippen LogP contribution is 2.20. The van der Waals surface area contributed by atoms with Gasteiger partial charge in [0.1, 0.15) is 5.58 Å². The fourth-order valence-corrected chi connectivity index (χ4v) is 3.07. The number of piperazine rings is 1. The number of hydrogen-bond acceptors (Lipinski definition) is 4. The average Bonchev–Trinajstić information content (AvgIpc) is 3.07. The van der Waals surface area contributed by atoms with Crippen molar-refractivity contribution in [3.05, 3.63) is 66.2 Å². The van der Waals surface area contributed by atoms with Gasteiger partial charge in [-0.25, -0.2) is 0 Å². The van der Waals surface area contributed by atoms with E-state index in [-0.39, 0.29) is 5.91 Å². The summed E-state index contributed by atoms with van der Waals surface area (Å²) in [7, 11) is 0. The Morgan fingerprint density at radius 2 is 1.83 bits per heavy atom. The van der Waals surface area contributed by atoms with Gasteiger partial charge in [-0.3, -0.25) is 14.7 Å². The van der Waals surface area contributed by atoms with Crippen molar-refractivity contribution in [2.45, 2.75) is 6.54 Å². The molecular formula is C19H19N3O2. The number of rotatable bonds is 3. The third-order valence-corrected chi connectivity index (χ3v) is 4.41. The lowest BCUT2D eigenvalue weighted by molar-refractivity contribution is 0.0598. The number of benzene rings is 1. The van der Waals surface area contributed by atoms with Crippen molar-refractivity contribution < 1.29 is 9.21 Å². The molecule has 1 amide bonds. The third-order valence-electron chi connectivity index (χ3n) is 4.41. The highest BCUT2D eigenvalue weighted by atomic mass is 16.3. The number of furan rings is 1. The number of carbonyl (C=O) groups excluding carboxylic acids is 1. The van der Waals surface area contributed by atoms with E-state index in [0.717, 1.165) is 36.3 Å². The average molecular weight is 321 g/mol. The summed E-state index contributed by atoms with van der Waals surface area (Å²) in [6, 6.07) is 15.5. The van der Waals surface area contributed by atoms with Crippen LogP contribution in [0.25, 0.3) is 11.0 Å². The maximum absolute atomic E-state index is 12.6. The van der Waals surface area contributed by atoms with Crippen molar-refractivity contribution >= 4 is 16.9 Å². The molecular weight excluding hydrogens is 302 g/mol. The van der Waals surface area contributed by atoms with Gasteiger partial charge in [-0.05, 0) is 24.3 Å². The monoisotopic (exact) mass is 321 g/mol. The van der Waals surface area contributed by atoms with E-state index < -0.39 is 0 Å². The minimum atomic E-state index is -0.0244. The number of para-hydroxylation sites is 1. The van der Waals surface area contributed by atoms with Gasteiger partial charge in [-0.2, -0.15) is 0 Å². The SMILES string of the molecule is O=C(c1cc2ccccc2o1)N1CCN(Cc2ccccn2)CC1. The van der Waals surface area contributed by atoms with Crippen LogP contribution in [0, 0.1) is 0 Å². The van der Waals surface area contributed by atoms with Gasteiger partial charge in [0.2, 0.25) is 0 Å². The summed E-state index contributed by atoms with van der Waals surface area (Å²) in [6.45, 7) is 3.95. The van der Waals surface area contributed by atoms with Crippen molar-refractivity contribution in [2.75, 3.05) is 26.2 Å². The number of carbonyl (C=O) groups is 1. The first-order chi connectivity index (χ1) is 11.8. The quantitative estimate of drug-likeness (QED) is 0.744. The molecule has 0 atom stereocenters. The molecule has 1 aliphatic heterocycles. The zero-order valence-electron chi connectivity index (χ0n) is 13.4. The molecule has 0 aliphatic carbocycles. The molecule has 1 saturated heterocycles. The Morgan fingerprint density at radius 1 is 1.04 bits per heavy atom. The zero-order chi connectivity index (χ0) is 16.4. The normalized spacial score (nSPS) is 15.8. The lowest BCUT2D eigenvalue weighted by atomic mass is 10.2. The summed E-state index contributed by atoms with van der Waals surface area (Å²) in [5.74, 6) is 0.401. The Balaban J connectivity index is 1.39. The minimum Gasteiger partial charge on any atom is -0.451 e. The number of pyridine rings is 1. The Bertz CT molecular complexity index is 803. The first-order valence-electron chi connectivity index (χ1n) is 8.20. The number of hydrogen-bond donors (Lipinski definition) is 0. The van der Waals surface area contributed by atoms with Crippen LogP contribution in [0.2, 0.25) is 0 Å². The molecule has 0 radical (unpaired) electrons. The van der Waals surface area contributed by atoms with E-state index in [9.17, 15) is 4.79 Å². The van der Waals surface area contributed by atoms with Gasteiger partial charge in [0, 0.05) is 44.3 Å². The highest BCUT2D eigenvalue weighted by Gasteiger charge is 2.24. The molecule has 24 heavy (non-hydrogen) atoms. The molecule has 2 aromatic heterocycles. The molecule has 3 aromatic rings. The second-order valence-electron chi connectivity index (χ2n) is 6.04. The van der Waals surface area contributed by atoms with Crippen LogP contribution in [-0.4, -0.2) is 46.9 Å². The number of amides is 1. The predicted molar refractivity (Wildman–Crippen MR) is 91.6 cm³/mol. The van der Waals surface area contributed by atoms with Crippen LogP contribution in [-0.2, 0) is 6.54 Å². The molecule has 5 nitrogen and oxygen atoms in total. The van der Waals surface area contributed by atoms with Crippen LogP contribution < -0.4 is 0 Å².